The molecule has 3 aromatic heterocycles. The minimum absolute atomic E-state index is 0.00468. The van der Waals surface area contributed by atoms with Crippen molar-refractivity contribution >= 4 is 16.6 Å². The number of aromatic nitrogens is 4. The molecule has 31 heavy (non-hydrogen) atoms. The molecule has 1 atom stereocenters. The van der Waals surface area contributed by atoms with Crippen LogP contribution in [0.15, 0.2) is 59.9 Å². The van der Waals surface area contributed by atoms with Gasteiger partial charge < -0.3 is 10.3 Å². The van der Waals surface area contributed by atoms with Gasteiger partial charge in [0.2, 0.25) is 0 Å². The Morgan fingerprint density at radius 2 is 2.03 bits per heavy atom. The maximum absolute atomic E-state index is 13.2. The summed E-state index contributed by atoms with van der Waals surface area (Å²) in [4.78, 5) is 25.1. The average Bonchev–Trinajstić information content (AvgIpc) is 3.21. The van der Waals surface area contributed by atoms with Crippen molar-refractivity contribution in [2.75, 3.05) is 5.32 Å². The van der Waals surface area contributed by atoms with E-state index in [4.69, 9.17) is 0 Å². The van der Waals surface area contributed by atoms with E-state index in [0.29, 0.717) is 12.2 Å². The van der Waals surface area contributed by atoms with Crippen molar-refractivity contribution in [3.63, 3.8) is 0 Å². The molecule has 7 heteroatoms. The standard InChI is InChI=1S/C24H24FN5O/c25-18-6-4-16(5-7-18)20-8-9-22-23(29-20)24(31)30(15-27-22)12-2-1-3-19-13-17-14-26-11-10-21(17)28-19/h4-7,10-11,13-15,20,28-29H,1-3,8-9,12H2/t20-/m0/s1. The van der Waals surface area contributed by atoms with Gasteiger partial charge in [0, 0.05) is 35.5 Å². The third-order valence-electron chi connectivity index (χ3n) is 5.95. The van der Waals surface area contributed by atoms with Crippen LogP contribution in [0.4, 0.5) is 10.1 Å². The molecule has 4 aromatic rings. The smallest absolute Gasteiger partial charge is 0.276 e. The molecule has 1 aliphatic rings. The Balaban J connectivity index is 1.23. The van der Waals surface area contributed by atoms with Crippen LogP contribution in [-0.4, -0.2) is 19.5 Å². The van der Waals surface area contributed by atoms with Crippen LogP contribution in [0.3, 0.4) is 0 Å². The second kappa shape index (κ2) is 8.34. The summed E-state index contributed by atoms with van der Waals surface area (Å²) in [6.45, 7) is 0.629. The molecule has 5 rings (SSSR count). The highest BCUT2D eigenvalue weighted by atomic mass is 19.1. The first-order valence-electron chi connectivity index (χ1n) is 10.7. The van der Waals surface area contributed by atoms with Crippen LogP contribution in [0.25, 0.3) is 10.9 Å². The summed E-state index contributed by atoms with van der Waals surface area (Å²) in [5.74, 6) is -0.256. The number of hydrogen-bond acceptors (Lipinski definition) is 4. The molecule has 0 spiro atoms. The molecule has 6 nitrogen and oxygen atoms in total. The van der Waals surface area contributed by atoms with E-state index in [-0.39, 0.29) is 17.4 Å². The topological polar surface area (TPSA) is 75.6 Å². The zero-order chi connectivity index (χ0) is 21.2. The Bertz CT molecular complexity index is 1230. The largest absolute Gasteiger partial charge is 0.372 e. The van der Waals surface area contributed by atoms with Crippen molar-refractivity contribution in [1.29, 1.82) is 0 Å². The number of aromatic amines is 1. The first-order valence-corrected chi connectivity index (χ1v) is 10.7. The third-order valence-corrected chi connectivity index (χ3v) is 5.95. The van der Waals surface area contributed by atoms with Crippen molar-refractivity contribution in [3.05, 3.63) is 88.2 Å². The zero-order valence-electron chi connectivity index (χ0n) is 17.1. The number of hydrogen-bond donors (Lipinski definition) is 2. The van der Waals surface area contributed by atoms with E-state index in [1.165, 1.54) is 17.8 Å². The van der Waals surface area contributed by atoms with E-state index in [9.17, 15) is 9.18 Å². The minimum atomic E-state index is -0.256. The summed E-state index contributed by atoms with van der Waals surface area (Å²) in [6.07, 6.45) is 9.64. The molecule has 1 aliphatic heterocycles. The lowest BCUT2D eigenvalue weighted by Gasteiger charge is -2.26. The van der Waals surface area contributed by atoms with Gasteiger partial charge in [-0.15, -0.1) is 0 Å². The van der Waals surface area contributed by atoms with Crippen LogP contribution in [-0.2, 0) is 19.4 Å². The number of nitrogens with zero attached hydrogens (tertiary/aromatic N) is 3. The molecule has 0 radical (unpaired) electrons. The predicted molar refractivity (Wildman–Crippen MR) is 119 cm³/mol. The second-order valence-corrected chi connectivity index (χ2v) is 8.07. The SMILES string of the molecule is O=c1c2c(ncn1CCCCc1cc3cnccc3[nH]1)CC[C@@H](c1ccc(F)cc1)N2. The number of benzene rings is 1. The molecule has 1 aromatic carbocycles. The molecular weight excluding hydrogens is 393 g/mol. The van der Waals surface area contributed by atoms with Crippen LogP contribution in [0, 0.1) is 5.82 Å². The predicted octanol–water partition coefficient (Wildman–Crippen LogP) is 4.38. The quantitative estimate of drug-likeness (QED) is 0.457. The Hall–Kier alpha value is -3.48. The number of aryl methyl sites for hydroxylation is 3. The molecule has 158 valence electrons. The number of unbranched alkanes of at least 4 members (excludes halogenated alkanes) is 1. The lowest BCUT2D eigenvalue weighted by molar-refractivity contribution is 0.569. The van der Waals surface area contributed by atoms with Crippen LogP contribution < -0.4 is 10.9 Å². The molecule has 2 N–H and O–H groups in total. The molecular formula is C24H24FN5O. The molecule has 4 heterocycles. The highest BCUT2D eigenvalue weighted by Crippen LogP contribution is 2.29. The molecule has 0 fully saturated rings. The normalized spacial score (nSPS) is 15.6. The van der Waals surface area contributed by atoms with E-state index in [1.807, 2.05) is 12.3 Å². The number of nitrogens with one attached hydrogen (secondary N) is 2. The summed E-state index contributed by atoms with van der Waals surface area (Å²) >= 11 is 0. The zero-order valence-corrected chi connectivity index (χ0v) is 17.1. The molecule has 0 unspecified atom stereocenters. The van der Waals surface area contributed by atoms with Gasteiger partial charge in [-0.05, 0) is 61.9 Å². The molecule has 0 bridgehead atoms. The van der Waals surface area contributed by atoms with E-state index in [2.05, 4.69) is 26.3 Å². The number of halogens is 1. The fraction of sp³-hybridized carbons (Fsp3) is 0.292. The number of fused-ring (bicyclic) bond motifs is 2. The fourth-order valence-electron chi connectivity index (χ4n) is 4.25. The van der Waals surface area contributed by atoms with Gasteiger partial charge in [0.1, 0.15) is 11.5 Å². The lowest BCUT2D eigenvalue weighted by atomic mass is 9.96. The molecule has 0 aliphatic carbocycles. The minimum Gasteiger partial charge on any atom is -0.372 e. The van der Waals surface area contributed by atoms with Crippen LogP contribution in [0.5, 0.6) is 0 Å². The number of rotatable bonds is 6. The van der Waals surface area contributed by atoms with Crippen LogP contribution in [0.1, 0.15) is 42.3 Å². The molecule has 0 amide bonds. The van der Waals surface area contributed by atoms with Crippen LogP contribution in [0.2, 0.25) is 0 Å². The van der Waals surface area contributed by atoms with E-state index in [0.717, 1.165) is 54.3 Å². The second-order valence-electron chi connectivity index (χ2n) is 8.07. The summed E-state index contributed by atoms with van der Waals surface area (Å²) in [7, 11) is 0. The van der Waals surface area contributed by atoms with Crippen molar-refractivity contribution in [2.24, 2.45) is 0 Å². The van der Waals surface area contributed by atoms with E-state index in [1.54, 1.807) is 29.2 Å². The van der Waals surface area contributed by atoms with Crippen molar-refractivity contribution < 1.29 is 4.39 Å². The Morgan fingerprint density at radius 1 is 1.16 bits per heavy atom. The Kier molecular flexibility index (Phi) is 5.24. The van der Waals surface area contributed by atoms with Gasteiger partial charge in [-0.2, -0.15) is 0 Å². The molecule has 0 saturated carbocycles. The van der Waals surface area contributed by atoms with Crippen molar-refractivity contribution in [2.45, 2.75) is 44.7 Å². The van der Waals surface area contributed by atoms with E-state index >= 15 is 0 Å². The average molecular weight is 417 g/mol. The first kappa shape index (κ1) is 19.5. The van der Waals surface area contributed by atoms with Gasteiger partial charge in [-0.3, -0.25) is 14.3 Å². The van der Waals surface area contributed by atoms with Crippen molar-refractivity contribution in [3.8, 4) is 0 Å². The van der Waals surface area contributed by atoms with Gasteiger partial charge in [0.05, 0.1) is 18.1 Å². The Morgan fingerprint density at radius 3 is 2.87 bits per heavy atom. The summed E-state index contributed by atoms with van der Waals surface area (Å²) in [5.41, 5.74) is 4.62. The third kappa shape index (κ3) is 4.08. The molecule has 0 saturated heterocycles. The number of anilines is 1. The van der Waals surface area contributed by atoms with Gasteiger partial charge in [-0.25, -0.2) is 9.37 Å². The van der Waals surface area contributed by atoms with E-state index < -0.39 is 0 Å². The number of H-pyrrole nitrogens is 1. The van der Waals surface area contributed by atoms with Gasteiger partial charge in [-0.1, -0.05) is 12.1 Å². The van der Waals surface area contributed by atoms with Gasteiger partial charge in [0.25, 0.3) is 5.56 Å². The number of pyridine rings is 1. The maximum atomic E-state index is 13.2. The summed E-state index contributed by atoms with van der Waals surface area (Å²) < 4.78 is 14.9. The first-order chi connectivity index (χ1) is 15.2. The highest BCUT2D eigenvalue weighted by molar-refractivity contribution is 5.79. The van der Waals surface area contributed by atoms with Gasteiger partial charge in [0.15, 0.2) is 0 Å². The summed E-state index contributed by atoms with van der Waals surface area (Å²) in [5, 5.41) is 4.46. The maximum Gasteiger partial charge on any atom is 0.276 e. The fourth-order valence-corrected chi connectivity index (χ4v) is 4.25. The highest BCUT2D eigenvalue weighted by Gasteiger charge is 2.23. The van der Waals surface area contributed by atoms with Crippen LogP contribution >= 0.6 is 0 Å². The Labute approximate surface area is 179 Å². The monoisotopic (exact) mass is 417 g/mol. The van der Waals surface area contributed by atoms with Gasteiger partial charge >= 0.3 is 0 Å². The summed E-state index contributed by atoms with van der Waals surface area (Å²) in [6, 6.07) is 10.6. The lowest BCUT2D eigenvalue weighted by Crippen LogP contribution is -2.30. The van der Waals surface area contributed by atoms with Crippen molar-refractivity contribution in [1.82, 2.24) is 19.5 Å².